The van der Waals surface area contributed by atoms with E-state index in [1.165, 1.54) is 23.9 Å². The number of carbonyl (C=O) groups excluding carboxylic acids is 1. The molecule has 1 N–H and O–H groups in total. The van der Waals surface area contributed by atoms with Gasteiger partial charge in [-0.1, -0.05) is 31.5 Å². The Morgan fingerprint density at radius 3 is 3.00 bits per heavy atom. The van der Waals surface area contributed by atoms with E-state index in [-0.39, 0.29) is 11.5 Å². The van der Waals surface area contributed by atoms with Gasteiger partial charge in [0.05, 0.1) is 24.7 Å². The van der Waals surface area contributed by atoms with E-state index >= 15 is 0 Å². The fraction of sp³-hybridized carbons (Fsp3) is 0.526. The van der Waals surface area contributed by atoms with Crippen LogP contribution in [0.2, 0.25) is 0 Å². The summed E-state index contributed by atoms with van der Waals surface area (Å²) >= 11 is 0. The van der Waals surface area contributed by atoms with Crippen LogP contribution in [-0.4, -0.2) is 46.3 Å². The minimum absolute atomic E-state index is 0.0224. The van der Waals surface area contributed by atoms with Crippen LogP contribution in [-0.2, 0) is 11.3 Å². The van der Waals surface area contributed by atoms with Crippen molar-refractivity contribution >= 4 is 16.7 Å². The number of carbonyl (C=O) groups is 1. The van der Waals surface area contributed by atoms with Crippen molar-refractivity contribution < 1.29 is 4.79 Å². The Kier molecular flexibility index (Phi) is 5.81. The standard InChI is InChI=1S/C19H26N4O2/c1-2-16-8-5-6-11-22(16)14-18(24)20-10-12-23-19(25)17-9-4-3-7-15(17)13-21-23/h3-4,7,9,13,16H,2,5-6,8,10-12,14H2,1H3,(H,20,24)/t16-/m1/s1. The van der Waals surface area contributed by atoms with Crippen LogP contribution in [0.5, 0.6) is 0 Å². The lowest BCUT2D eigenvalue weighted by molar-refractivity contribution is -0.123. The van der Waals surface area contributed by atoms with Crippen molar-refractivity contribution in [3.8, 4) is 0 Å². The van der Waals surface area contributed by atoms with E-state index in [1.54, 1.807) is 12.3 Å². The topological polar surface area (TPSA) is 67.2 Å². The minimum atomic E-state index is -0.116. The highest BCUT2D eigenvalue weighted by Gasteiger charge is 2.22. The Labute approximate surface area is 147 Å². The maximum atomic E-state index is 12.4. The Balaban J connectivity index is 1.53. The van der Waals surface area contributed by atoms with Crippen LogP contribution >= 0.6 is 0 Å². The quantitative estimate of drug-likeness (QED) is 0.869. The smallest absolute Gasteiger partial charge is 0.274 e. The van der Waals surface area contributed by atoms with Gasteiger partial charge in [0.15, 0.2) is 0 Å². The molecule has 1 fully saturated rings. The van der Waals surface area contributed by atoms with Crippen molar-refractivity contribution in [1.29, 1.82) is 0 Å². The van der Waals surface area contributed by atoms with Gasteiger partial charge in [0, 0.05) is 18.0 Å². The van der Waals surface area contributed by atoms with Crippen LogP contribution in [0.15, 0.2) is 35.3 Å². The number of likely N-dealkylation sites (tertiary alicyclic amines) is 1. The summed E-state index contributed by atoms with van der Waals surface area (Å²) in [5.74, 6) is 0.0224. The van der Waals surface area contributed by atoms with Crippen molar-refractivity contribution in [1.82, 2.24) is 20.0 Å². The molecule has 0 unspecified atom stereocenters. The van der Waals surface area contributed by atoms with Gasteiger partial charge in [-0.25, -0.2) is 4.68 Å². The molecule has 134 valence electrons. The molecular formula is C19H26N4O2. The molecule has 0 bridgehead atoms. The fourth-order valence-electron chi connectivity index (χ4n) is 3.56. The van der Waals surface area contributed by atoms with Gasteiger partial charge >= 0.3 is 0 Å². The summed E-state index contributed by atoms with van der Waals surface area (Å²) in [6.07, 6.45) is 6.38. The maximum absolute atomic E-state index is 12.4. The largest absolute Gasteiger partial charge is 0.353 e. The minimum Gasteiger partial charge on any atom is -0.353 e. The summed E-state index contributed by atoms with van der Waals surface area (Å²) in [5, 5.41) is 8.60. The van der Waals surface area contributed by atoms with Gasteiger partial charge in [0.2, 0.25) is 5.91 Å². The predicted octanol–water partition coefficient (Wildman–Crippen LogP) is 1.78. The Hall–Kier alpha value is -2.21. The first-order chi connectivity index (χ1) is 12.2. The first kappa shape index (κ1) is 17.6. The molecule has 2 heterocycles. The first-order valence-electron chi connectivity index (χ1n) is 9.14. The number of aromatic nitrogens is 2. The Morgan fingerprint density at radius 2 is 2.16 bits per heavy atom. The molecule has 0 radical (unpaired) electrons. The lowest BCUT2D eigenvalue weighted by atomic mass is 10.0. The zero-order valence-electron chi connectivity index (χ0n) is 14.8. The number of hydrogen-bond donors (Lipinski definition) is 1. The zero-order chi connectivity index (χ0) is 17.6. The molecule has 6 heteroatoms. The van der Waals surface area contributed by atoms with Crippen molar-refractivity contribution in [3.63, 3.8) is 0 Å². The highest BCUT2D eigenvalue weighted by atomic mass is 16.2. The fourth-order valence-corrected chi connectivity index (χ4v) is 3.56. The van der Waals surface area contributed by atoms with E-state index in [4.69, 9.17) is 0 Å². The highest BCUT2D eigenvalue weighted by molar-refractivity contribution is 5.80. The predicted molar refractivity (Wildman–Crippen MR) is 98.5 cm³/mol. The normalized spacial score (nSPS) is 18.4. The van der Waals surface area contributed by atoms with Gasteiger partial charge in [-0.15, -0.1) is 0 Å². The molecule has 1 aromatic carbocycles. The lowest BCUT2D eigenvalue weighted by Crippen LogP contribution is -2.46. The summed E-state index contributed by atoms with van der Waals surface area (Å²) < 4.78 is 1.42. The molecule has 1 atom stereocenters. The van der Waals surface area contributed by atoms with Crippen molar-refractivity contribution in [3.05, 3.63) is 40.8 Å². The number of rotatable bonds is 6. The van der Waals surface area contributed by atoms with Crippen LogP contribution in [0.4, 0.5) is 0 Å². The summed E-state index contributed by atoms with van der Waals surface area (Å²) in [6, 6.07) is 7.93. The molecule has 0 spiro atoms. The van der Waals surface area contributed by atoms with Gasteiger partial charge < -0.3 is 5.32 Å². The molecule has 1 aromatic heterocycles. The van der Waals surface area contributed by atoms with Gasteiger partial charge in [0.25, 0.3) is 5.56 Å². The molecule has 3 rings (SSSR count). The van der Waals surface area contributed by atoms with E-state index in [0.29, 0.717) is 31.1 Å². The van der Waals surface area contributed by atoms with Crippen molar-refractivity contribution in [2.24, 2.45) is 0 Å². The molecule has 25 heavy (non-hydrogen) atoms. The molecule has 0 aliphatic carbocycles. The summed E-state index contributed by atoms with van der Waals surface area (Å²) in [6.45, 7) is 4.41. The van der Waals surface area contributed by atoms with E-state index in [1.807, 2.05) is 18.2 Å². The molecule has 2 aromatic rings. The van der Waals surface area contributed by atoms with E-state index < -0.39 is 0 Å². The third kappa shape index (κ3) is 4.25. The number of fused-ring (bicyclic) bond motifs is 1. The van der Waals surface area contributed by atoms with E-state index in [2.05, 4.69) is 22.2 Å². The molecule has 1 amide bonds. The molecule has 1 aliphatic rings. The second-order valence-electron chi connectivity index (χ2n) is 6.64. The van der Waals surface area contributed by atoms with Crippen molar-refractivity contribution in [2.45, 2.75) is 45.2 Å². The zero-order valence-corrected chi connectivity index (χ0v) is 14.8. The molecule has 0 saturated carbocycles. The van der Waals surface area contributed by atoms with Crippen LogP contribution in [0.3, 0.4) is 0 Å². The van der Waals surface area contributed by atoms with Crippen LogP contribution < -0.4 is 10.9 Å². The van der Waals surface area contributed by atoms with Gasteiger partial charge in [-0.3, -0.25) is 14.5 Å². The Morgan fingerprint density at radius 1 is 1.32 bits per heavy atom. The van der Waals surface area contributed by atoms with Crippen LogP contribution in [0.1, 0.15) is 32.6 Å². The van der Waals surface area contributed by atoms with Gasteiger partial charge in [-0.2, -0.15) is 5.10 Å². The lowest BCUT2D eigenvalue weighted by Gasteiger charge is -2.34. The number of benzene rings is 1. The molecule has 1 saturated heterocycles. The SMILES string of the molecule is CC[C@@H]1CCCCN1CC(=O)NCCn1ncc2ccccc2c1=O. The third-order valence-corrected chi connectivity index (χ3v) is 4.97. The van der Waals surface area contributed by atoms with Gasteiger partial charge in [0.1, 0.15) is 0 Å². The average Bonchev–Trinajstić information content (AvgIpc) is 2.64. The first-order valence-corrected chi connectivity index (χ1v) is 9.14. The van der Waals surface area contributed by atoms with E-state index in [0.717, 1.165) is 18.4 Å². The average molecular weight is 342 g/mol. The van der Waals surface area contributed by atoms with Crippen LogP contribution in [0.25, 0.3) is 10.8 Å². The molecular weight excluding hydrogens is 316 g/mol. The highest BCUT2D eigenvalue weighted by Crippen LogP contribution is 2.18. The number of hydrogen-bond acceptors (Lipinski definition) is 4. The molecule has 6 nitrogen and oxygen atoms in total. The number of amides is 1. The van der Waals surface area contributed by atoms with Crippen LogP contribution in [0, 0.1) is 0 Å². The van der Waals surface area contributed by atoms with Crippen molar-refractivity contribution in [2.75, 3.05) is 19.6 Å². The second kappa shape index (κ2) is 8.25. The number of nitrogens with one attached hydrogen (secondary N) is 1. The third-order valence-electron chi connectivity index (χ3n) is 4.97. The number of piperidine rings is 1. The monoisotopic (exact) mass is 342 g/mol. The summed E-state index contributed by atoms with van der Waals surface area (Å²) in [4.78, 5) is 26.9. The number of nitrogens with zero attached hydrogens (tertiary/aromatic N) is 3. The second-order valence-corrected chi connectivity index (χ2v) is 6.64. The Bertz CT molecular complexity index is 786. The molecule has 1 aliphatic heterocycles. The maximum Gasteiger partial charge on any atom is 0.274 e. The summed E-state index contributed by atoms with van der Waals surface area (Å²) in [5.41, 5.74) is -0.116. The van der Waals surface area contributed by atoms with Gasteiger partial charge in [-0.05, 0) is 31.9 Å². The van der Waals surface area contributed by atoms with E-state index in [9.17, 15) is 9.59 Å². The summed E-state index contributed by atoms with van der Waals surface area (Å²) in [7, 11) is 0.